The Hall–Kier alpha value is -1.07. The largest absolute Gasteiger partial charge is 0.444 e. The number of hydrogen-bond acceptors (Lipinski definition) is 3. The Morgan fingerprint density at radius 1 is 1.30 bits per heavy atom. The maximum atomic E-state index is 12.0. The van der Waals surface area contributed by atoms with Gasteiger partial charge < -0.3 is 15.0 Å². The summed E-state index contributed by atoms with van der Waals surface area (Å²) in [6, 6.07) is 8.87. The number of hydrogen-bond donors (Lipinski definition) is 1. The molecule has 23 heavy (non-hydrogen) atoms. The summed E-state index contributed by atoms with van der Waals surface area (Å²) in [7, 11) is 0. The molecule has 0 saturated carbocycles. The van der Waals surface area contributed by atoms with Crippen LogP contribution in [0.5, 0.6) is 0 Å². The molecule has 128 valence electrons. The summed E-state index contributed by atoms with van der Waals surface area (Å²) in [5, 5.41) is 3.64. The van der Waals surface area contributed by atoms with E-state index >= 15 is 0 Å². The number of nitrogens with one attached hydrogen (secondary N) is 1. The molecule has 1 aromatic carbocycles. The molecule has 0 spiro atoms. The Morgan fingerprint density at radius 2 is 1.91 bits per heavy atom. The average molecular weight is 383 g/mol. The molecule has 1 saturated heterocycles. The van der Waals surface area contributed by atoms with Gasteiger partial charge in [0.1, 0.15) is 5.60 Å². The quantitative estimate of drug-likeness (QED) is 0.840. The number of nitrogens with zero attached hydrogens (tertiary/aromatic N) is 1. The molecule has 1 heterocycles. The topological polar surface area (TPSA) is 41.6 Å². The van der Waals surface area contributed by atoms with Crippen molar-refractivity contribution in [3.05, 3.63) is 34.3 Å². The normalized spacial score (nSPS) is 18.3. The summed E-state index contributed by atoms with van der Waals surface area (Å²) >= 11 is 3.60. The van der Waals surface area contributed by atoms with Crippen LogP contribution in [0.15, 0.2) is 28.7 Å². The third-order valence-electron chi connectivity index (χ3n) is 4.15. The minimum atomic E-state index is -0.430. The zero-order chi connectivity index (χ0) is 17.2. The van der Waals surface area contributed by atoms with Gasteiger partial charge in [-0.3, -0.25) is 0 Å². The zero-order valence-corrected chi connectivity index (χ0v) is 16.2. The molecule has 1 aliphatic rings. The summed E-state index contributed by atoms with van der Waals surface area (Å²) in [6.45, 7) is 11.5. The standard InChI is InChI=1S/C18H27BrN2O2/c1-12(20-13(2)15-8-6-7-9-16(15)19)14-10-21(11-14)17(22)23-18(3,4)5/h6-9,12-14,20H,10-11H2,1-5H3/t12-,13+/m0/s1. The van der Waals surface area contributed by atoms with Gasteiger partial charge in [0.05, 0.1) is 0 Å². The summed E-state index contributed by atoms with van der Waals surface area (Å²) < 4.78 is 6.52. The number of rotatable bonds is 4. The number of benzene rings is 1. The van der Waals surface area contributed by atoms with Crippen molar-refractivity contribution in [2.75, 3.05) is 13.1 Å². The summed E-state index contributed by atoms with van der Waals surface area (Å²) in [5.41, 5.74) is 0.822. The van der Waals surface area contributed by atoms with Crippen LogP contribution in [-0.2, 0) is 4.74 Å². The molecular formula is C18H27BrN2O2. The fourth-order valence-corrected chi connectivity index (χ4v) is 3.38. The Labute approximate surface area is 147 Å². The molecule has 1 fully saturated rings. The highest BCUT2D eigenvalue weighted by Gasteiger charge is 2.36. The Balaban J connectivity index is 1.81. The van der Waals surface area contributed by atoms with E-state index in [4.69, 9.17) is 4.74 Å². The van der Waals surface area contributed by atoms with Crippen LogP contribution in [0.1, 0.15) is 46.2 Å². The molecule has 5 heteroatoms. The van der Waals surface area contributed by atoms with Crippen LogP contribution in [0.4, 0.5) is 4.79 Å². The lowest BCUT2D eigenvalue weighted by atomic mass is 9.92. The molecule has 1 aliphatic heterocycles. The third kappa shape index (κ3) is 4.95. The van der Waals surface area contributed by atoms with E-state index < -0.39 is 5.60 Å². The molecule has 1 amide bonds. The number of carbonyl (C=O) groups is 1. The second-order valence-electron chi connectivity index (χ2n) is 7.34. The lowest BCUT2D eigenvalue weighted by Gasteiger charge is -2.43. The highest BCUT2D eigenvalue weighted by molar-refractivity contribution is 9.10. The number of likely N-dealkylation sites (tertiary alicyclic amines) is 1. The van der Waals surface area contributed by atoms with Crippen molar-refractivity contribution < 1.29 is 9.53 Å². The Kier molecular flexibility index (Phi) is 5.74. The van der Waals surface area contributed by atoms with E-state index in [1.54, 1.807) is 4.90 Å². The second-order valence-corrected chi connectivity index (χ2v) is 8.20. The molecule has 1 N–H and O–H groups in total. The van der Waals surface area contributed by atoms with E-state index in [9.17, 15) is 4.79 Å². The van der Waals surface area contributed by atoms with E-state index in [0.29, 0.717) is 12.0 Å². The molecule has 0 aromatic heterocycles. The van der Waals surface area contributed by atoms with E-state index in [2.05, 4.69) is 53.3 Å². The summed E-state index contributed by atoms with van der Waals surface area (Å²) in [4.78, 5) is 13.7. The van der Waals surface area contributed by atoms with Crippen LogP contribution in [-0.4, -0.2) is 35.7 Å². The minimum absolute atomic E-state index is 0.209. The fourth-order valence-electron chi connectivity index (χ4n) is 2.75. The van der Waals surface area contributed by atoms with Crippen molar-refractivity contribution in [3.8, 4) is 0 Å². The SMILES string of the molecule is C[C@H](N[C@H](C)c1ccccc1Br)C1CN(C(=O)OC(C)(C)C)C1. The van der Waals surface area contributed by atoms with Gasteiger partial charge in [-0.05, 0) is 46.2 Å². The first-order valence-electron chi connectivity index (χ1n) is 8.16. The Morgan fingerprint density at radius 3 is 2.48 bits per heavy atom. The molecule has 2 atom stereocenters. The molecule has 0 aliphatic carbocycles. The van der Waals surface area contributed by atoms with Gasteiger partial charge in [-0.15, -0.1) is 0 Å². The molecule has 0 radical (unpaired) electrons. The predicted octanol–water partition coefficient (Wildman–Crippen LogP) is 4.36. The monoisotopic (exact) mass is 382 g/mol. The van der Waals surface area contributed by atoms with Crippen LogP contribution in [0, 0.1) is 5.92 Å². The van der Waals surface area contributed by atoms with Gasteiger partial charge in [0.2, 0.25) is 0 Å². The van der Waals surface area contributed by atoms with Crippen LogP contribution in [0.25, 0.3) is 0 Å². The van der Waals surface area contributed by atoms with Crippen molar-refractivity contribution >= 4 is 22.0 Å². The number of carbonyl (C=O) groups excluding carboxylic acids is 1. The van der Waals surface area contributed by atoms with E-state index in [-0.39, 0.29) is 12.1 Å². The average Bonchev–Trinajstić information content (AvgIpc) is 2.34. The first kappa shape index (κ1) is 18.3. The Bertz CT molecular complexity index is 550. The molecular weight excluding hydrogens is 356 g/mol. The van der Waals surface area contributed by atoms with Crippen molar-refractivity contribution in [1.82, 2.24) is 10.2 Å². The van der Waals surface area contributed by atoms with Crippen LogP contribution >= 0.6 is 15.9 Å². The lowest BCUT2D eigenvalue weighted by molar-refractivity contribution is -0.00622. The van der Waals surface area contributed by atoms with Crippen molar-refractivity contribution in [2.24, 2.45) is 5.92 Å². The highest BCUT2D eigenvalue weighted by atomic mass is 79.9. The van der Waals surface area contributed by atoms with Gasteiger partial charge in [-0.2, -0.15) is 0 Å². The highest BCUT2D eigenvalue weighted by Crippen LogP contribution is 2.26. The lowest BCUT2D eigenvalue weighted by Crippen LogP contribution is -2.57. The van der Waals surface area contributed by atoms with Crippen molar-refractivity contribution in [1.29, 1.82) is 0 Å². The maximum absolute atomic E-state index is 12.0. The van der Waals surface area contributed by atoms with E-state index in [0.717, 1.165) is 17.6 Å². The van der Waals surface area contributed by atoms with Crippen molar-refractivity contribution in [3.63, 3.8) is 0 Å². The van der Waals surface area contributed by atoms with Gasteiger partial charge >= 0.3 is 6.09 Å². The fraction of sp³-hybridized carbons (Fsp3) is 0.611. The zero-order valence-electron chi connectivity index (χ0n) is 14.6. The van der Waals surface area contributed by atoms with Gasteiger partial charge in [-0.1, -0.05) is 34.1 Å². The number of ether oxygens (including phenoxy) is 1. The van der Waals surface area contributed by atoms with Crippen LogP contribution in [0.3, 0.4) is 0 Å². The predicted molar refractivity (Wildman–Crippen MR) is 96.5 cm³/mol. The smallest absolute Gasteiger partial charge is 0.410 e. The third-order valence-corrected chi connectivity index (χ3v) is 4.88. The first-order chi connectivity index (χ1) is 10.7. The van der Waals surface area contributed by atoms with Gasteiger partial charge in [-0.25, -0.2) is 4.79 Å². The molecule has 1 aromatic rings. The van der Waals surface area contributed by atoms with Crippen LogP contribution in [0.2, 0.25) is 0 Å². The van der Waals surface area contributed by atoms with Crippen molar-refractivity contribution in [2.45, 2.75) is 52.3 Å². The summed E-state index contributed by atoms with van der Waals surface area (Å²) in [5.74, 6) is 0.465. The molecule has 0 unspecified atom stereocenters. The van der Waals surface area contributed by atoms with Gasteiger partial charge in [0.15, 0.2) is 0 Å². The second kappa shape index (κ2) is 7.22. The van der Waals surface area contributed by atoms with Crippen LogP contribution < -0.4 is 5.32 Å². The van der Waals surface area contributed by atoms with E-state index in [1.165, 1.54) is 5.56 Å². The summed E-state index contributed by atoms with van der Waals surface area (Å²) in [6.07, 6.45) is -0.209. The molecule has 4 nitrogen and oxygen atoms in total. The number of amides is 1. The van der Waals surface area contributed by atoms with Gasteiger partial charge in [0.25, 0.3) is 0 Å². The van der Waals surface area contributed by atoms with Gasteiger partial charge in [0, 0.05) is 35.6 Å². The molecule has 2 rings (SSSR count). The number of halogens is 1. The van der Waals surface area contributed by atoms with E-state index in [1.807, 2.05) is 26.8 Å². The molecule has 0 bridgehead atoms. The first-order valence-corrected chi connectivity index (χ1v) is 8.95. The maximum Gasteiger partial charge on any atom is 0.410 e. The minimum Gasteiger partial charge on any atom is -0.444 e.